The molecule has 27 heavy (non-hydrogen) atoms. The Bertz CT molecular complexity index is 1240. The van der Waals surface area contributed by atoms with Gasteiger partial charge in [0.15, 0.2) is 11.3 Å². The highest BCUT2D eigenvalue weighted by Gasteiger charge is 2.13. The summed E-state index contributed by atoms with van der Waals surface area (Å²) in [6, 6.07) is 12.1. The van der Waals surface area contributed by atoms with Gasteiger partial charge in [0, 0.05) is 24.0 Å². The van der Waals surface area contributed by atoms with Crippen LogP contribution in [0.25, 0.3) is 16.8 Å². The summed E-state index contributed by atoms with van der Waals surface area (Å²) in [7, 11) is 0. The fourth-order valence-corrected chi connectivity index (χ4v) is 2.56. The van der Waals surface area contributed by atoms with Gasteiger partial charge in [-0.3, -0.25) is 19.9 Å². The predicted molar refractivity (Wildman–Crippen MR) is 95.0 cm³/mol. The van der Waals surface area contributed by atoms with E-state index in [1.54, 1.807) is 24.3 Å². The lowest BCUT2D eigenvalue weighted by Gasteiger charge is -2.03. The zero-order valence-electron chi connectivity index (χ0n) is 13.6. The molecule has 0 spiro atoms. The van der Waals surface area contributed by atoms with Gasteiger partial charge < -0.3 is 9.73 Å². The summed E-state index contributed by atoms with van der Waals surface area (Å²) in [6.45, 7) is 0. The Hall–Kier alpha value is -4.21. The van der Waals surface area contributed by atoms with E-state index < -0.39 is 16.6 Å². The molecule has 0 bridgehead atoms. The van der Waals surface area contributed by atoms with E-state index in [0.717, 1.165) is 0 Å². The molecule has 0 fully saturated rings. The summed E-state index contributed by atoms with van der Waals surface area (Å²) in [5.41, 5.74) is 1.81. The molecule has 0 unspecified atom stereocenters. The summed E-state index contributed by atoms with van der Waals surface area (Å²) in [6.07, 6.45) is 1.53. The maximum absolute atomic E-state index is 12.4. The number of anilines is 1. The lowest BCUT2D eigenvalue weighted by Crippen LogP contribution is -2.13. The van der Waals surface area contributed by atoms with E-state index in [0.29, 0.717) is 22.5 Å². The number of non-ortho nitro benzene ring substituents is 1. The van der Waals surface area contributed by atoms with Crippen LogP contribution in [-0.2, 0) is 0 Å². The fourth-order valence-electron chi connectivity index (χ4n) is 2.56. The third-order valence-corrected chi connectivity index (χ3v) is 3.80. The average Bonchev–Trinajstić information content (AvgIpc) is 3.27. The number of aromatic amines is 1. The van der Waals surface area contributed by atoms with E-state index in [9.17, 15) is 19.7 Å². The first-order valence-electron chi connectivity index (χ1n) is 7.74. The van der Waals surface area contributed by atoms with Crippen molar-refractivity contribution < 1.29 is 14.1 Å². The molecule has 0 saturated heterocycles. The summed E-state index contributed by atoms with van der Waals surface area (Å²) >= 11 is 0. The molecule has 2 N–H and O–H groups in total. The van der Waals surface area contributed by atoms with Crippen LogP contribution in [0.1, 0.15) is 10.5 Å². The molecule has 134 valence electrons. The molecule has 4 rings (SSSR count). The second-order valence-corrected chi connectivity index (χ2v) is 5.60. The Balaban J connectivity index is 1.56. The third kappa shape index (κ3) is 3.18. The normalized spacial score (nSPS) is 10.8. The first-order chi connectivity index (χ1) is 13.0. The topological polar surface area (TPSA) is 136 Å². The lowest BCUT2D eigenvalue weighted by molar-refractivity contribution is -0.384. The van der Waals surface area contributed by atoms with Crippen LogP contribution in [0.4, 0.5) is 11.4 Å². The molecule has 0 aliphatic carbocycles. The van der Waals surface area contributed by atoms with Crippen molar-refractivity contribution in [3.8, 4) is 5.69 Å². The van der Waals surface area contributed by atoms with Crippen molar-refractivity contribution in [2.24, 2.45) is 0 Å². The average molecular weight is 365 g/mol. The van der Waals surface area contributed by atoms with Crippen molar-refractivity contribution >= 4 is 28.4 Å². The van der Waals surface area contributed by atoms with Crippen molar-refractivity contribution in [3.63, 3.8) is 0 Å². The van der Waals surface area contributed by atoms with Crippen molar-refractivity contribution in [2.75, 3.05) is 5.32 Å². The number of amides is 1. The number of aromatic nitrogens is 3. The summed E-state index contributed by atoms with van der Waals surface area (Å²) in [5, 5.41) is 17.7. The molecule has 0 aliphatic heterocycles. The van der Waals surface area contributed by atoms with E-state index in [-0.39, 0.29) is 11.4 Å². The Labute approximate surface area is 150 Å². The van der Waals surface area contributed by atoms with Gasteiger partial charge in [-0.25, -0.2) is 9.48 Å². The number of carbonyl (C=O) groups is 1. The van der Waals surface area contributed by atoms with E-state index in [1.807, 2.05) is 0 Å². The molecule has 10 nitrogen and oxygen atoms in total. The van der Waals surface area contributed by atoms with Crippen LogP contribution in [0, 0.1) is 10.1 Å². The Morgan fingerprint density at radius 2 is 2.07 bits per heavy atom. The standard InChI is InChI=1S/C17H11N5O5/c23-16(18-10-4-5-15-14(8-10)19-17(24)27-15)13-6-7-21(20-13)11-2-1-3-12(9-11)22(25)26/h1-9H,(H,18,23)(H,19,24). The highest BCUT2D eigenvalue weighted by molar-refractivity contribution is 6.03. The summed E-state index contributed by atoms with van der Waals surface area (Å²) in [4.78, 5) is 36.4. The van der Waals surface area contributed by atoms with Crippen LogP contribution in [0.3, 0.4) is 0 Å². The number of hydrogen-bond donors (Lipinski definition) is 2. The van der Waals surface area contributed by atoms with Gasteiger partial charge in [-0.1, -0.05) is 6.07 Å². The van der Waals surface area contributed by atoms with Crippen molar-refractivity contribution in [2.45, 2.75) is 0 Å². The van der Waals surface area contributed by atoms with Gasteiger partial charge in [-0.05, 0) is 30.3 Å². The number of nitrogens with one attached hydrogen (secondary N) is 2. The Morgan fingerprint density at radius 3 is 2.89 bits per heavy atom. The molecule has 0 atom stereocenters. The van der Waals surface area contributed by atoms with Crippen LogP contribution in [0.2, 0.25) is 0 Å². The SMILES string of the molecule is O=C(Nc1ccc2oc(=O)[nH]c2c1)c1ccn(-c2cccc([N+](=O)[O-])c2)n1. The van der Waals surface area contributed by atoms with Crippen molar-refractivity contribution in [1.29, 1.82) is 0 Å². The van der Waals surface area contributed by atoms with Crippen molar-refractivity contribution in [3.05, 3.63) is 81.1 Å². The molecule has 2 aromatic heterocycles. The maximum Gasteiger partial charge on any atom is 0.417 e. The minimum Gasteiger partial charge on any atom is -0.408 e. The number of hydrogen-bond acceptors (Lipinski definition) is 6. The van der Waals surface area contributed by atoms with Crippen LogP contribution in [-0.4, -0.2) is 25.6 Å². The van der Waals surface area contributed by atoms with Gasteiger partial charge in [-0.15, -0.1) is 0 Å². The molecule has 0 radical (unpaired) electrons. The molecule has 10 heteroatoms. The van der Waals surface area contributed by atoms with E-state index in [1.165, 1.54) is 35.1 Å². The molecule has 0 saturated carbocycles. The predicted octanol–water partition coefficient (Wildman–Crippen LogP) is 2.47. The second-order valence-electron chi connectivity index (χ2n) is 5.60. The summed E-state index contributed by atoms with van der Waals surface area (Å²) < 4.78 is 6.28. The quantitative estimate of drug-likeness (QED) is 0.421. The first kappa shape index (κ1) is 16.3. The van der Waals surface area contributed by atoms with Gasteiger partial charge in [0.05, 0.1) is 16.1 Å². The third-order valence-electron chi connectivity index (χ3n) is 3.80. The number of fused-ring (bicyclic) bond motifs is 1. The largest absolute Gasteiger partial charge is 0.417 e. The Kier molecular flexibility index (Phi) is 3.77. The minimum absolute atomic E-state index is 0.0728. The molecule has 4 aromatic rings. The number of nitrogens with zero attached hydrogens (tertiary/aromatic N) is 3. The van der Waals surface area contributed by atoms with Gasteiger partial charge in [0.2, 0.25) is 0 Å². The van der Waals surface area contributed by atoms with Crippen LogP contribution in [0.5, 0.6) is 0 Å². The smallest absolute Gasteiger partial charge is 0.408 e. The highest BCUT2D eigenvalue weighted by atomic mass is 16.6. The first-order valence-corrected chi connectivity index (χ1v) is 7.74. The zero-order chi connectivity index (χ0) is 19.0. The lowest BCUT2D eigenvalue weighted by atomic mass is 10.2. The van der Waals surface area contributed by atoms with E-state index in [2.05, 4.69) is 15.4 Å². The van der Waals surface area contributed by atoms with Crippen LogP contribution >= 0.6 is 0 Å². The number of nitro groups is 1. The molecule has 1 amide bonds. The second kappa shape index (κ2) is 6.26. The Morgan fingerprint density at radius 1 is 1.22 bits per heavy atom. The zero-order valence-corrected chi connectivity index (χ0v) is 13.6. The van der Waals surface area contributed by atoms with Crippen molar-refractivity contribution in [1.82, 2.24) is 14.8 Å². The van der Waals surface area contributed by atoms with Gasteiger partial charge >= 0.3 is 5.76 Å². The maximum atomic E-state index is 12.4. The molecule has 2 heterocycles. The number of H-pyrrole nitrogens is 1. The van der Waals surface area contributed by atoms with Crippen LogP contribution in [0.15, 0.2) is 63.9 Å². The minimum atomic E-state index is -0.579. The highest BCUT2D eigenvalue weighted by Crippen LogP contribution is 2.18. The van der Waals surface area contributed by atoms with Gasteiger partial charge in [0.1, 0.15) is 0 Å². The number of rotatable bonds is 4. The molecule has 0 aliphatic rings. The number of carbonyl (C=O) groups excluding carboxylic acids is 1. The van der Waals surface area contributed by atoms with Gasteiger partial charge in [0.25, 0.3) is 11.6 Å². The monoisotopic (exact) mass is 365 g/mol. The fraction of sp³-hybridized carbons (Fsp3) is 0. The molecular weight excluding hydrogens is 354 g/mol. The number of benzene rings is 2. The molecule has 2 aromatic carbocycles. The van der Waals surface area contributed by atoms with E-state index >= 15 is 0 Å². The number of oxazole rings is 1. The number of nitro benzene ring substituents is 1. The van der Waals surface area contributed by atoms with E-state index in [4.69, 9.17) is 4.42 Å². The van der Waals surface area contributed by atoms with Gasteiger partial charge in [-0.2, -0.15) is 5.10 Å². The molecular formula is C17H11N5O5. The summed E-state index contributed by atoms with van der Waals surface area (Å²) in [5.74, 6) is -1.05. The van der Waals surface area contributed by atoms with Crippen LogP contribution < -0.4 is 11.1 Å².